The molecule has 0 aromatic rings. The Morgan fingerprint density at radius 2 is 1.85 bits per heavy atom. The predicted octanol–water partition coefficient (Wildman–Crippen LogP) is 5.57. The molecule has 0 aliphatic carbocycles. The normalized spacial score (nSPS) is 22.8. The Morgan fingerprint density at radius 1 is 1.23 bits per heavy atom. The fourth-order valence-corrected chi connectivity index (χ4v) is 3.66. The van der Waals surface area contributed by atoms with Crippen LogP contribution in [0.25, 0.3) is 0 Å². The molecule has 0 spiro atoms. The van der Waals surface area contributed by atoms with E-state index in [1.165, 1.54) is 0 Å². The summed E-state index contributed by atoms with van der Waals surface area (Å²) < 4.78 is 11.3. The first-order valence-electron chi connectivity index (χ1n) is 10.5. The van der Waals surface area contributed by atoms with Crippen LogP contribution in [-0.4, -0.2) is 30.6 Å². The van der Waals surface area contributed by atoms with Gasteiger partial charge < -0.3 is 14.3 Å². The standard InChI is InChI=1S/C20H36O4.C2H6/c1-7-17(13-14(2)9-8-10-15(3)21)19(22)20(5,6)18-11-12-23-16(4)24-18;1-2/h14,16-18H,7-13H2,1-6H3;1-2H3. The van der Waals surface area contributed by atoms with Crippen molar-refractivity contribution in [3.05, 3.63) is 0 Å². The van der Waals surface area contributed by atoms with Gasteiger partial charge in [-0.05, 0) is 45.4 Å². The van der Waals surface area contributed by atoms with E-state index in [1.807, 2.05) is 34.6 Å². The lowest BCUT2D eigenvalue weighted by Crippen LogP contribution is -2.47. The molecule has 0 bridgehead atoms. The number of carbonyl (C=O) groups is 2. The summed E-state index contributed by atoms with van der Waals surface area (Å²) in [6, 6.07) is 0. The summed E-state index contributed by atoms with van der Waals surface area (Å²) in [4.78, 5) is 24.2. The highest BCUT2D eigenvalue weighted by molar-refractivity contribution is 5.87. The molecule has 1 fully saturated rings. The van der Waals surface area contributed by atoms with Gasteiger partial charge in [0, 0.05) is 17.8 Å². The van der Waals surface area contributed by atoms with Crippen LogP contribution in [0.4, 0.5) is 0 Å². The molecule has 4 unspecified atom stereocenters. The average molecular weight is 371 g/mol. The first kappa shape index (κ1) is 25.3. The van der Waals surface area contributed by atoms with Crippen molar-refractivity contribution in [2.75, 3.05) is 6.61 Å². The molecule has 0 aromatic heterocycles. The van der Waals surface area contributed by atoms with Gasteiger partial charge in [-0.2, -0.15) is 0 Å². The number of ketones is 2. The zero-order chi connectivity index (χ0) is 20.3. The Labute approximate surface area is 161 Å². The van der Waals surface area contributed by atoms with Crippen LogP contribution in [0.3, 0.4) is 0 Å². The van der Waals surface area contributed by atoms with Crippen LogP contribution in [-0.2, 0) is 19.1 Å². The molecule has 0 aromatic carbocycles. The van der Waals surface area contributed by atoms with Crippen LogP contribution >= 0.6 is 0 Å². The van der Waals surface area contributed by atoms with E-state index < -0.39 is 5.41 Å². The van der Waals surface area contributed by atoms with Crippen molar-refractivity contribution in [1.82, 2.24) is 0 Å². The van der Waals surface area contributed by atoms with Crippen LogP contribution in [0.15, 0.2) is 0 Å². The Morgan fingerprint density at radius 3 is 2.35 bits per heavy atom. The lowest BCUT2D eigenvalue weighted by atomic mass is 9.72. The fraction of sp³-hybridized carbons (Fsp3) is 0.909. The predicted molar refractivity (Wildman–Crippen MR) is 107 cm³/mol. The molecule has 0 N–H and O–H groups in total. The Balaban J connectivity index is 0.00000301. The summed E-state index contributed by atoms with van der Waals surface area (Å²) in [5.74, 6) is 1.08. The van der Waals surface area contributed by atoms with E-state index in [0.29, 0.717) is 24.7 Å². The van der Waals surface area contributed by atoms with E-state index in [9.17, 15) is 9.59 Å². The maximum absolute atomic E-state index is 13.1. The minimum absolute atomic E-state index is 0.0640. The van der Waals surface area contributed by atoms with Crippen LogP contribution in [0.1, 0.15) is 93.9 Å². The molecule has 4 atom stereocenters. The van der Waals surface area contributed by atoms with E-state index in [0.717, 1.165) is 32.1 Å². The summed E-state index contributed by atoms with van der Waals surface area (Å²) >= 11 is 0. The molecule has 26 heavy (non-hydrogen) atoms. The van der Waals surface area contributed by atoms with Gasteiger partial charge >= 0.3 is 0 Å². The SMILES string of the molecule is CC.CCC(CC(C)CCCC(C)=O)C(=O)C(C)(C)C1CCOC(C)O1. The monoisotopic (exact) mass is 370 g/mol. The Bertz CT molecular complexity index is 416. The maximum Gasteiger partial charge on any atom is 0.155 e. The second kappa shape index (κ2) is 12.6. The number of hydrogen-bond acceptors (Lipinski definition) is 4. The van der Waals surface area contributed by atoms with Gasteiger partial charge in [-0.25, -0.2) is 0 Å². The van der Waals surface area contributed by atoms with E-state index in [4.69, 9.17) is 9.47 Å². The molecule has 1 rings (SSSR count). The number of hydrogen-bond donors (Lipinski definition) is 0. The molecule has 0 saturated carbocycles. The van der Waals surface area contributed by atoms with Crippen molar-refractivity contribution in [1.29, 1.82) is 0 Å². The molecule has 154 valence electrons. The molecule has 1 heterocycles. The number of Topliss-reactive ketones (excluding diaryl/α,β-unsaturated/α-hetero) is 2. The molecule has 0 radical (unpaired) electrons. The minimum atomic E-state index is -0.488. The highest BCUT2D eigenvalue weighted by Gasteiger charge is 2.42. The second-order valence-corrected chi connectivity index (χ2v) is 7.98. The van der Waals surface area contributed by atoms with Crippen molar-refractivity contribution in [2.45, 2.75) is 106 Å². The van der Waals surface area contributed by atoms with Crippen molar-refractivity contribution in [3.63, 3.8) is 0 Å². The molecule has 4 heteroatoms. The Kier molecular flexibility index (Phi) is 12.3. The third-order valence-corrected chi connectivity index (χ3v) is 5.30. The van der Waals surface area contributed by atoms with Gasteiger partial charge in [0.05, 0.1) is 12.7 Å². The van der Waals surface area contributed by atoms with E-state index >= 15 is 0 Å². The molecule has 0 amide bonds. The Hall–Kier alpha value is -0.740. The second-order valence-electron chi connectivity index (χ2n) is 7.98. The van der Waals surface area contributed by atoms with Crippen molar-refractivity contribution < 1.29 is 19.1 Å². The number of ether oxygens (including phenoxy) is 2. The van der Waals surface area contributed by atoms with E-state index in [2.05, 4.69) is 13.8 Å². The van der Waals surface area contributed by atoms with Gasteiger partial charge in [0.2, 0.25) is 0 Å². The minimum Gasteiger partial charge on any atom is -0.353 e. The number of carbonyl (C=O) groups excluding carboxylic acids is 2. The van der Waals surface area contributed by atoms with Gasteiger partial charge in [-0.15, -0.1) is 0 Å². The van der Waals surface area contributed by atoms with Crippen LogP contribution in [0, 0.1) is 17.3 Å². The van der Waals surface area contributed by atoms with Gasteiger partial charge in [0.1, 0.15) is 11.6 Å². The molecule has 4 nitrogen and oxygen atoms in total. The first-order chi connectivity index (χ1) is 12.2. The summed E-state index contributed by atoms with van der Waals surface area (Å²) in [6.07, 6.45) is 4.80. The lowest BCUT2D eigenvalue weighted by Gasteiger charge is -2.40. The zero-order valence-electron chi connectivity index (χ0n) is 18.4. The van der Waals surface area contributed by atoms with Crippen LogP contribution in [0.5, 0.6) is 0 Å². The number of rotatable bonds is 10. The summed E-state index contributed by atoms with van der Waals surface area (Å²) in [5.41, 5.74) is -0.488. The van der Waals surface area contributed by atoms with Gasteiger partial charge in [0.25, 0.3) is 0 Å². The zero-order valence-corrected chi connectivity index (χ0v) is 18.4. The molecular weight excluding hydrogens is 328 g/mol. The first-order valence-corrected chi connectivity index (χ1v) is 10.5. The topological polar surface area (TPSA) is 52.6 Å². The largest absolute Gasteiger partial charge is 0.353 e. The summed E-state index contributed by atoms with van der Waals surface area (Å²) in [6.45, 7) is 16.5. The van der Waals surface area contributed by atoms with E-state index in [1.54, 1.807) is 6.92 Å². The smallest absolute Gasteiger partial charge is 0.155 e. The average Bonchev–Trinajstić information content (AvgIpc) is 2.60. The molecule has 1 aliphatic rings. The third kappa shape index (κ3) is 8.30. The molecule has 1 saturated heterocycles. The molecule has 1 aliphatic heterocycles. The molecular formula is C22H42O4. The lowest BCUT2D eigenvalue weighted by molar-refractivity contribution is -0.226. The van der Waals surface area contributed by atoms with Crippen LogP contribution in [0.2, 0.25) is 0 Å². The van der Waals surface area contributed by atoms with Crippen LogP contribution < -0.4 is 0 Å². The van der Waals surface area contributed by atoms with Crippen molar-refractivity contribution >= 4 is 11.6 Å². The van der Waals surface area contributed by atoms with Gasteiger partial charge in [-0.1, -0.05) is 48.0 Å². The van der Waals surface area contributed by atoms with E-state index in [-0.39, 0.29) is 24.1 Å². The quantitative estimate of drug-likeness (QED) is 0.504. The summed E-state index contributed by atoms with van der Waals surface area (Å²) in [7, 11) is 0. The maximum atomic E-state index is 13.1. The van der Waals surface area contributed by atoms with Crippen molar-refractivity contribution in [2.24, 2.45) is 17.3 Å². The third-order valence-electron chi connectivity index (χ3n) is 5.30. The summed E-state index contributed by atoms with van der Waals surface area (Å²) in [5, 5.41) is 0. The van der Waals surface area contributed by atoms with Crippen molar-refractivity contribution in [3.8, 4) is 0 Å². The highest BCUT2D eigenvalue weighted by atomic mass is 16.7. The fourth-order valence-electron chi connectivity index (χ4n) is 3.66. The highest BCUT2D eigenvalue weighted by Crippen LogP contribution is 2.36. The van der Waals surface area contributed by atoms with Gasteiger partial charge in [0.15, 0.2) is 6.29 Å². The van der Waals surface area contributed by atoms with Gasteiger partial charge in [-0.3, -0.25) is 4.79 Å².